The number of rotatable bonds is 5. The van der Waals surface area contributed by atoms with E-state index in [1.807, 2.05) is 0 Å². The average molecular weight is 428 g/mol. The number of hydrogen-bond acceptors (Lipinski definition) is 7. The lowest BCUT2D eigenvalue weighted by Crippen LogP contribution is -2.38. The monoisotopic (exact) mass is 428 g/mol. The minimum absolute atomic E-state index is 0.0357. The zero-order valence-electron chi connectivity index (χ0n) is 15.8. The number of hydrazone groups is 1. The van der Waals surface area contributed by atoms with Crippen molar-refractivity contribution in [3.05, 3.63) is 59.2 Å². The summed E-state index contributed by atoms with van der Waals surface area (Å²) in [4.78, 5) is 36.6. The molecule has 10 nitrogen and oxygen atoms in total. The van der Waals surface area contributed by atoms with Gasteiger partial charge in [0.1, 0.15) is 0 Å². The van der Waals surface area contributed by atoms with Crippen molar-refractivity contribution in [2.24, 2.45) is 22.5 Å². The first kappa shape index (κ1) is 21.1. The van der Waals surface area contributed by atoms with Crippen LogP contribution in [0.15, 0.2) is 47.6 Å². The normalized spacial score (nSPS) is 13.1. The molecule has 1 aliphatic heterocycles. The second-order valence-corrected chi connectivity index (χ2v) is 7.37. The average Bonchev–Trinajstić information content (AvgIpc) is 3.17. The maximum Gasteiger partial charge on any atom is 0.335 e. The number of aromatic carboxylic acids is 1. The Labute approximate surface area is 176 Å². The molecule has 7 N–H and O–H groups in total. The zero-order valence-corrected chi connectivity index (χ0v) is 16.6. The van der Waals surface area contributed by atoms with Gasteiger partial charge in [-0.25, -0.2) is 10.6 Å². The summed E-state index contributed by atoms with van der Waals surface area (Å²) in [5.74, 6) is 9.76. The van der Waals surface area contributed by atoms with Gasteiger partial charge in [0.05, 0.1) is 17.0 Å². The summed E-state index contributed by atoms with van der Waals surface area (Å²) in [6, 6.07) is 10.9. The van der Waals surface area contributed by atoms with Crippen LogP contribution in [0, 0.1) is 0 Å². The number of nitrogens with two attached hydrogens (primary N) is 3. The van der Waals surface area contributed by atoms with Crippen molar-refractivity contribution in [1.29, 1.82) is 0 Å². The molecular formula is C19H20N6O4S. The highest BCUT2D eigenvalue weighted by Gasteiger charge is 2.26. The Hall–Kier alpha value is -3.57. The predicted octanol–water partition coefficient (Wildman–Crippen LogP) is 0.716. The number of anilines is 2. The topological polar surface area (TPSA) is 168 Å². The molecule has 0 atom stereocenters. The fraction of sp³-hybridized carbons (Fsp3) is 0.158. The van der Waals surface area contributed by atoms with Gasteiger partial charge in [-0.3, -0.25) is 14.6 Å². The van der Waals surface area contributed by atoms with E-state index in [2.05, 4.69) is 5.10 Å². The number of hydrazine groups is 1. The number of primary amides is 1. The molecule has 0 radical (unpaired) electrons. The Bertz CT molecular complexity index is 1020. The van der Waals surface area contributed by atoms with Gasteiger partial charge in [-0.05, 0) is 54.4 Å². The number of fused-ring (bicyclic) bond motifs is 1. The minimum Gasteiger partial charge on any atom is -0.478 e. The van der Waals surface area contributed by atoms with E-state index < -0.39 is 11.9 Å². The number of carbonyl (C=O) groups is 3. The number of hydrogen-bond donors (Lipinski definition) is 4. The number of amides is 2. The smallest absolute Gasteiger partial charge is 0.335 e. The number of carbonyl (C=O) groups excluding carboxylic acids is 2. The van der Waals surface area contributed by atoms with E-state index in [0.717, 1.165) is 23.0 Å². The van der Waals surface area contributed by atoms with Crippen LogP contribution in [0.25, 0.3) is 0 Å². The van der Waals surface area contributed by atoms with Crippen LogP contribution in [0.1, 0.15) is 26.3 Å². The van der Waals surface area contributed by atoms with Gasteiger partial charge in [-0.15, -0.1) is 0 Å². The standard InChI is InChI=1S/C19H20N6O4S/c20-17(27)13-3-6-15-12(9-13)7-8-24(15)16(26)10-30-19(23-21)25(22)14-4-1-11(2-5-14)18(28)29/h1-6,9H,7-8,10,21-22H2,(H2,20,27)(H,28,29)/b23-19+. The molecule has 0 aliphatic carbocycles. The van der Waals surface area contributed by atoms with E-state index in [-0.39, 0.29) is 22.4 Å². The van der Waals surface area contributed by atoms with Crippen LogP contribution in [-0.2, 0) is 11.2 Å². The Balaban J connectivity index is 1.65. The first-order chi connectivity index (χ1) is 14.3. The highest BCUT2D eigenvalue weighted by atomic mass is 32.2. The van der Waals surface area contributed by atoms with Gasteiger partial charge >= 0.3 is 5.97 Å². The molecule has 30 heavy (non-hydrogen) atoms. The van der Waals surface area contributed by atoms with Crippen molar-refractivity contribution in [3.8, 4) is 0 Å². The first-order valence-corrected chi connectivity index (χ1v) is 9.82. The molecule has 2 aromatic rings. The number of carboxylic acids is 1. The third-order valence-electron chi connectivity index (χ3n) is 4.59. The van der Waals surface area contributed by atoms with Crippen LogP contribution in [0.3, 0.4) is 0 Å². The molecule has 0 unspecified atom stereocenters. The Morgan fingerprint density at radius 3 is 2.40 bits per heavy atom. The van der Waals surface area contributed by atoms with E-state index in [1.54, 1.807) is 23.1 Å². The Kier molecular flexibility index (Phi) is 6.23. The lowest BCUT2D eigenvalue weighted by atomic mass is 10.1. The van der Waals surface area contributed by atoms with Crippen molar-refractivity contribution in [3.63, 3.8) is 0 Å². The molecule has 3 rings (SSSR count). The zero-order chi connectivity index (χ0) is 21.8. The Morgan fingerprint density at radius 2 is 1.80 bits per heavy atom. The van der Waals surface area contributed by atoms with E-state index in [4.69, 9.17) is 22.5 Å². The number of amidine groups is 1. The fourth-order valence-corrected chi connectivity index (χ4v) is 3.79. The quantitative estimate of drug-likeness (QED) is 0.234. The summed E-state index contributed by atoms with van der Waals surface area (Å²) in [6.45, 7) is 0.495. The van der Waals surface area contributed by atoms with Crippen molar-refractivity contribution in [2.75, 3.05) is 22.2 Å². The molecule has 1 heterocycles. The van der Waals surface area contributed by atoms with E-state index in [9.17, 15) is 14.4 Å². The van der Waals surface area contributed by atoms with Gasteiger partial charge in [-0.2, -0.15) is 5.10 Å². The summed E-state index contributed by atoms with van der Waals surface area (Å²) >= 11 is 1.06. The van der Waals surface area contributed by atoms with Gasteiger partial charge in [0.2, 0.25) is 17.0 Å². The predicted molar refractivity (Wildman–Crippen MR) is 115 cm³/mol. The molecule has 0 bridgehead atoms. The van der Waals surface area contributed by atoms with Crippen LogP contribution < -0.4 is 27.3 Å². The molecule has 0 fully saturated rings. The van der Waals surface area contributed by atoms with Crippen molar-refractivity contribution >= 4 is 46.1 Å². The van der Waals surface area contributed by atoms with Gasteiger partial charge < -0.3 is 21.6 Å². The van der Waals surface area contributed by atoms with Crippen molar-refractivity contribution in [1.82, 2.24) is 0 Å². The molecule has 156 valence electrons. The molecule has 0 aromatic heterocycles. The number of thioether (sulfide) groups is 1. The number of benzene rings is 2. The fourth-order valence-electron chi connectivity index (χ4n) is 3.06. The van der Waals surface area contributed by atoms with Crippen LogP contribution in [0.5, 0.6) is 0 Å². The highest BCUT2D eigenvalue weighted by Crippen LogP contribution is 2.29. The van der Waals surface area contributed by atoms with Crippen molar-refractivity contribution in [2.45, 2.75) is 6.42 Å². The minimum atomic E-state index is -1.05. The molecule has 11 heteroatoms. The molecule has 2 aromatic carbocycles. The third-order valence-corrected chi connectivity index (χ3v) is 5.55. The first-order valence-electron chi connectivity index (χ1n) is 8.83. The third kappa shape index (κ3) is 4.36. The molecule has 1 aliphatic rings. The van der Waals surface area contributed by atoms with Gasteiger partial charge in [0, 0.05) is 17.8 Å². The maximum absolute atomic E-state index is 12.7. The van der Waals surface area contributed by atoms with Crippen LogP contribution in [0.2, 0.25) is 0 Å². The largest absolute Gasteiger partial charge is 0.478 e. The summed E-state index contributed by atoms with van der Waals surface area (Å²) in [5, 5.41) is 14.0. The van der Waals surface area contributed by atoms with Gasteiger partial charge in [-0.1, -0.05) is 11.8 Å². The summed E-state index contributed by atoms with van der Waals surface area (Å²) < 4.78 is 0. The molecule has 0 saturated heterocycles. The summed E-state index contributed by atoms with van der Waals surface area (Å²) in [7, 11) is 0. The van der Waals surface area contributed by atoms with Crippen LogP contribution in [0.4, 0.5) is 11.4 Å². The SMILES string of the molecule is N/N=C(/SCC(=O)N1CCc2cc(C(N)=O)ccc21)N(N)c1ccc(C(=O)O)cc1. The Morgan fingerprint density at radius 1 is 1.13 bits per heavy atom. The van der Waals surface area contributed by atoms with E-state index >= 15 is 0 Å². The summed E-state index contributed by atoms with van der Waals surface area (Å²) in [6.07, 6.45) is 0.629. The highest BCUT2D eigenvalue weighted by molar-refractivity contribution is 8.14. The van der Waals surface area contributed by atoms with Gasteiger partial charge in [0.15, 0.2) is 0 Å². The molecule has 2 amide bonds. The molecular weight excluding hydrogens is 408 g/mol. The number of carboxylic acid groups (broad SMARTS) is 1. The van der Waals surface area contributed by atoms with Gasteiger partial charge in [0.25, 0.3) is 0 Å². The molecule has 0 spiro atoms. The summed E-state index contributed by atoms with van der Waals surface area (Å²) in [5.41, 5.74) is 7.92. The lowest BCUT2D eigenvalue weighted by molar-refractivity contribution is -0.116. The molecule has 0 saturated carbocycles. The van der Waals surface area contributed by atoms with Crippen LogP contribution >= 0.6 is 11.8 Å². The van der Waals surface area contributed by atoms with Crippen molar-refractivity contribution < 1.29 is 19.5 Å². The second kappa shape index (κ2) is 8.84. The maximum atomic E-state index is 12.7. The van der Waals surface area contributed by atoms with E-state index in [1.165, 1.54) is 29.3 Å². The van der Waals surface area contributed by atoms with E-state index in [0.29, 0.717) is 24.2 Å². The second-order valence-electron chi connectivity index (χ2n) is 6.43. The number of nitrogens with zero attached hydrogens (tertiary/aromatic N) is 3. The van der Waals surface area contributed by atoms with Crippen LogP contribution in [-0.4, -0.2) is 40.4 Å². The lowest BCUT2D eigenvalue weighted by Gasteiger charge is -2.21.